The lowest BCUT2D eigenvalue weighted by atomic mass is 10.2. The molecule has 0 unspecified atom stereocenters. The number of carbonyl (C=O) groups excluding carboxylic acids is 2. The van der Waals surface area contributed by atoms with E-state index in [1.807, 2.05) is 30.3 Å². The van der Waals surface area contributed by atoms with E-state index >= 15 is 0 Å². The summed E-state index contributed by atoms with van der Waals surface area (Å²) in [4.78, 5) is 25.9. The number of nitrogens with zero attached hydrogens (tertiary/aromatic N) is 8. The van der Waals surface area contributed by atoms with Crippen molar-refractivity contribution in [1.82, 2.24) is 45.4 Å². The fourth-order valence-electron chi connectivity index (χ4n) is 3.41. The summed E-state index contributed by atoms with van der Waals surface area (Å²) in [6, 6.07) is 8.54. The lowest BCUT2D eigenvalue weighted by Gasteiger charge is -2.23. The summed E-state index contributed by atoms with van der Waals surface area (Å²) < 4.78 is 30.5. The number of aromatic nitrogens is 7. The minimum atomic E-state index is -3.02. The smallest absolute Gasteiger partial charge is 0.273 e. The fourth-order valence-corrected chi connectivity index (χ4v) is 3.41. The van der Waals surface area contributed by atoms with Crippen LogP contribution in [0.1, 0.15) is 22.5 Å². The second kappa shape index (κ2) is 8.53. The molecule has 1 aliphatic rings. The summed E-state index contributed by atoms with van der Waals surface area (Å²) >= 11 is 0. The molecule has 3 aromatic rings. The van der Waals surface area contributed by atoms with Gasteiger partial charge in [0.05, 0.1) is 25.3 Å². The van der Waals surface area contributed by atoms with E-state index in [0.717, 1.165) is 10.5 Å². The Kier molecular flexibility index (Phi) is 5.64. The highest BCUT2D eigenvalue weighted by molar-refractivity contribution is 5.91. The lowest BCUT2D eigenvalue weighted by molar-refractivity contribution is -0.134. The Morgan fingerprint density at radius 3 is 2.71 bits per heavy atom. The predicted octanol–water partition coefficient (Wildman–Crippen LogP) is 0.131. The predicted molar refractivity (Wildman–Crippen MR) is 101 cm³/mol. The monoisotopic (exact) mass is 431 g/mol. The molecule has 162 valence electrons. The molecule has 1 fully saturated rings. The molecule has 31 heavy (non-hydrogen) atoms. The number of hydrogen-bond donors (Lipinski definition) is 1. The van der Waals surface area contributed by atoms with E-state index in [1.54, 1.807) is 0 Å². The van der Waals surface area contributed by atoms with Gasteiger partial charge < -0.3 is 10.2 Å². The molecule has 2 amide bonds. The Balaban J connectivity index is 1.38. The zero-order valence-corrected chi connectivity index (χ0v) is 16.3. The molecule has 0 spiro atoms. The fraction of sp³-hybridized carbons (Fsp3) is 0.389. The number of rotatable bonds is 7. The minimum Gasteiger partial charge on any atom is -0.347 e. The average Bonchev–Trinajstić information content (AvgIpc) is 3.48. The van der Waals surface area contributed by atoms with Crippen LogP contribution < -0.4 is 5.32 Å². The van der Waals surface area contributed by atoms with Gasteiger partial charge in [-0.1, -0.05) is 35.5 Å². The number of halogens is 2. The third-order valence-corrected chi connectivity index (χ3v) is 4.85. The van der Waals surface area contributed by atoms with E-state index in [0.29, 0.717) is 6.54 Å². The van der Waals surface area contributed by atoms with Gasteiger partial charge in [0.15, 0.2) is 5.69 Å². The maximum Gasteiger partial charge on any atom is 0.273 e. The Morgan fingerprint density at radius 2 is 1.97 bits per heavy atom. The molecule has 0 radical (unpaired) electrons. The highest BCUT2D eigenvalue weighted by atomic mass is 19.3. The molecular weight excluding hydrogens is 412 g/mol. The first-order valence-electron chi connectivity index (χ1n) is 9.50. The summed E-state index contributed by atoms with van der Waals surface area (Å²) in [5.74, 6) is -3.98. The largest absolute Gasteiger partial charge is 0.347 e. The first-order chi connectivity index (χ1) is 14.9. The number of alkyl halides is 2. The average molecular weight is 431 g/mol. The van der Waals surface area contributed by atoms with E-state index in [2.05, 4.69) is 31.2 Å². The number of hydrogen-bond acceptors (Lipinski definition) is 7. The van der Waals surface area contributed by atoms with Crippen LogP contribution in [0.5, 0.6) is 0 Å². The van der Waals surface area contributed by atoms with E-state index in [-0.39, 0.29) is 18.8 Å². The number of tetrazole rings is 1. The van der Waals surface area contributed by atoms with Crippen LogP contribution >= 0.6 is 0 Å². The number of amides is 2. The molecule has 0 aliphatic carbocycles. The van der Waals surface area contributed by atoms with Gasteiger partial charge in [-0.3, -0.25) is 9.59 Å². The number of carbonyl (C=O) groups is 2. The van der Waals surface area contributed by atoms with E-state index < -0.39 is 36.7 Å². The Bertz CT molecular complexity index is 1040. The number of likely N-dealkylation sites (tertiary alicyclic amines) is 1. The van der Waals surface area contributed by atoms with Crippen LogP contribution in [-0.2, 0) is 24.4 Å². The van der Waals surface area contributed by atoms with Crippen molar-refractivity contribution in [1.29, 1.82) is 0 Å². The van der Waals surface area contributed by atoms with Crippen molar-refractivity contribution >= 4 is 11.8 Å². The summed E-state index contributed by atoms with van der Waals surface area (Å²) in [5, 5.41) is 20.8. The topological polar surface area (TPSA) is 124 Å². The molecule has 0 bridgehead atoms. The van der Waals surface area contributed by atoms with Crippen molar-refractivity contribution in [2.75, 3.05) is 6.54 Å². The van der Waals surface area contributed by atoms with E-state index in [4.69, 9.17) is 0 Å². The maximum atomic E-state index is 14.0. The molecule has 1 N–H and O–H groups in total. The maximum absolute atomic E-state index is 14.0. The zero-order valence-electron chi connectivity index (χ0n) is 16.3. The van der Waals surface area contributed by atoms with Crippen LogP contribution in [0.3, 0.4) is 0 Å². The van der Waals surface area contributed by atoms with Crippen molar-refractivity contribution in [3.05, 3.63) is 54.1 Å². The molecule has 1 aliphatic heterocycles. The van der Waals surface area contributed by atoms with Crippen LogP contribution in [-0.4, -0.2) is 70.4 Å². The lowest BCUT2D eigenvalue weighted by Crippen LogP contribution is -2.40. The van der Waals surface area contributed by atoms with Gasteiger partial charge in [0.1, 0.15) is 12.9 Å². The molecule has 4 rings (SSSR count). The van der Waals surface area contributed by atoms with Gasteiger partial charge in [-0.2, -0.15) is 0 Å². The Morgan fingerprint density at radius 1 is 1.16 bits per heavy atom. The molecule has 1 atom stereocenters. The molecule has 1 aromatic carbocycles. The van der Waals surface area contributed by atoms with Gasteiger partial charge in [-0.15, -0.1) is 10.2 Å². The van der Waals surface area contributed by atoms with E-state index in [9.17, 15) is 18.4 Å². The van der Waals surface area contributed by atoms with Crippen molar-refractivity contribution in [2.45, 2.75) is 38.0 Å². The van der Waals surface area contributed by atoms with Crippen LogP contribution in [0.4, 0.5) is 8.78 Å². The van der Waals surface area contributed by atoms with Gasteiger partial charge >= 0.3 is 0 Å². The van der Waals surface area contributed by atoms with Gasteiger partial charge in [0.25, 0.3) is 11.8 Å². The van der Waals surface area contributed by atoms with Crippen molar-refractivity contribution in [3.63, 3.8) is 0 Å². The number of nitrogens with one attached hydrogen (secondary N) is 1. The first-order valence-corrected chi connectivity index (χ1v) is 9.50. The van der Waals surface area contributed by atoms with Gasteiger partial charge in [0.2, 0.25) is 5.91 Å². The quantitative estimate of drug-likeness (QED) is 0.564. The van der Waals surface area contributed by atoms with Gasteiger partial charge in [-0.25, -0.2) is 18.1 Å². The number of benzene rings is 1. The summed E-state index contributed by atoms with van der Waals surface area (Å²) in [6.45, 7) is -0.640. The minimum absolute atomic E-state index is 0.0180. The molecule has 3 heterocycles. The summed E-state index contributed by atoms with van der Waals surface area (Å²) in [6.07, 6.45) is 2.10. The third kappa shape index (κ3) is 5.05. The highest BCUT2D eigenvalue weighted by Crippen LogP contribution is 2.33. The van der Waals surface area contributed by atoms with Crippen LogP contribution in [0.2, 0.25) is 0 Å². The van der Waals surface area contributed by atoms with Gasteiger partial charge in [0, 0.05) is 13.0 Å². The molecule has 2 aromatic heterocycles. The van der Waals surface area contributed by atoms with E-state index in [1.165, 1.54) is 21.9 Å². The highest BCUT2D eigenvalue weighted by Gasteiger charge is 2.47. The first kappa shape index (κ1) is 20.5. The Labute approximate surface area is 175 Å². The molecule has 13 heteroatoms. The normalized spacial score (nSPS) is 17.6. The second-order valence-corrected chi connectivity index (χ2v) is 7.24. The van der Waals surface area contributed by atoms with Gasteiger partial charge in [-0.05, 0) is 16.0 Å². The zero-order chi connectivity index (χ0) is 21.8. The third-order valence-electron chi connectivity index (χ3n) is 4.85. The SMILES string of the molecule is O=C(NCc1ccccc1)c1cn(C[C@@H]2CC(F)(F)CN2C(=O)Cn2cnnn2)nn1. The van der Waals surface area contributed by atoms with Crippen LogP contribution in [0.15, 0.2) is 42.9 Å². The standard InChI is InChI=1S/C18H19F2N9O2/c19-18(20)6-14(29(11-18)16(30)10-28-12-22-24-26-28)8-27-9-15(23-25-27)17(31)21-7-13-4-2-1-3-5-13/h1-5,9,12,14H,6-8,10-11H2,(H,21,31)/t14-/m0/s1. The summed E-state index contributed by atoms with van der Waals surface area (Å²) in [7, 11) is 0. The summed E-state index contributed by atoms with van der Waals surface area (Å²) in [5.41, 5.74) is 0.986. The van der Waals surface area contributed by atoms with Crippen molar-refractivity contribution < 1.29 is 18.4 Å². The van der Waals surface area contributed by atoms with Crippen LogP contribution in [0, 0.1) is 0 Å². The van der Waals surface area contributed by atoms with Crippen LogP contribution in [0.25, 0.3) is 0 Å². The van der Waals surface area contributed by atoms with Crippen molar-refractivity contribution in [2.24, 2.45) is 0 Å². The second-order valence-electron chi connectivity index (χ2n) is 7.24. The molecule has 0 saturated carbocycles. The molecule has 1 saturated heterocycles. The molecule has 11 nitrogen and oxygen atoms in total. The Hall–Kier alpha value is -3.77. The molecular formula is C18H19F2N9O2. The van der Waals surface area contributed by atoms with Crippen molar-refractivity contribution in [3.8, 4) is 0 Å².